The van der Waals surface area contributed by atoms with Gasteiger partial charge in [0.1, 0.15) is 11.5 Å². The number of benzene rings is 2. The number of nitrogens with zero attached hydrogens (tertiary/aromatic N) is 2. The molecule has 0 unspecified atom stereocenters. The number of ketones is 1. The standard InChI is InChI=1S/C22H20N2O2/c1-22(2)17-6-4-5-7-18(17)24(3)20(22)13-23-21-16-10-9-15(25)12-14(16)8-11-19(21)26/h4-13,25H,1-3H3/b20-13-,23-21?. The highest BCUT2D eigenvalue weighted by Gasteiger charge is 2.38. The van der Waals surface area contributed by atoms with E-state index in [-0.39, 0.29) is 16.9 Å². The highest BCUT2D eigenvalue weighted by molar-refractivity contribution is 6.52. The Kier molecular flexibility index (Phi) is 3.58. The van der Waals surface area contributed by atoms with Crippen molar-refractivity contribution in [3.05, 3.63) is 77.1 Å². The number of anilines is 1. The van der Waals surface area contributed by atoms with Crippen LogP contribution < -0.4 is 4.90 Å². The van der Waals surface area contributed by atoms with Gasteiger partial charge in [-0.1, -0.05) is 38.1 Å². The SMILES string of the molecule is CN1/C(=C\N=C2C(=O)C=Cc3cc(O)ccc32)C(C)(C)c2ccccc21. The summed E-state index contributed by atoms with van der Waals surface area (Å²) in [5.74, 6) is 0.0450. The number of carbonyl (C=O) groups excluding carboxylic acids is 1. The van der Waals surface area contributed by atoms with Gasteiger partial charge in [0.25, 0.3) is 0 Å². The monoisotopic (exact) mass is 344 g/mol. The fourth-order valence-electron chi connectivity index (χ4n) is 3.77. The van der Waals surface area contributed by atoms with Gasteiger partial charge in [-0.15, -0.1) is 0 Å². The first-order valence-corrected chi connectivity index (χ1v) is 8.57. The molecule has 4 rings (SSSR count). The molecule has 1 aliphatic heterocycles. The molecule has 1 N–H and O–H groups in total. The van der Waals surface area contributed by atoms with Crippen molar-refractivity contribution in [1.29, 1.82) is 0 Å². The topological polar surface area (TPSA) is 52.9 Å². The lowest BCUT2D eigenvalue weighted by molar-refractivity contribution is -0.108. The first kappa shape index (κ1) is 16.3. The minimum absolute atomic E-state index is 0.129. The van der Waals surface area contributed by atoms with Gasteiger partial charge in [0.05, 0.1) is 0 Å². The molecule has 2 aromatic carbocycles. The summed E-state index contributed by atoms with van der Waals surface area (Å²) in [6, 6.07) is 13.3. The first-order valence-electron chi connectivity index (χ1n) is 8.57. The largest absolute Gasteiger partial charge is 0.508 e. The zero-order valence-electron chi connectivity index (χ0n) is 15.0. The summed E-state index contributed by atoms with van der Waals surface area (Å²) in [5.41, 5.74) is 5.18. The van der Waals surface area contributed by atoms with Crippen LogP contribution in [0.5, 0.6) is 5.75 Å². The second-order valence-electron chi connectivity index (χ2n) is 7.16. The maximum Gasteiger partial charge on any atom is 0.204 e. The third kappa shape index (κ3) is 2.37. The van der Waals surface area contributed by atoms with Gasteiger partial charge in [0.2, 0.25) is 5.78 Å². The van der Waals surface area contributed by atoms with E-state index in [9.17, 15) is 9.90 Å². The predicted molar refractivity (Wildman–Crippen MR) is 105 cm³/mol. The van der Waals surface area contributed by atoms with Crippen molar-refractivity contribution in [1.82, 2.24) is 0 Å². The van der Waals surface area contributed by atoms with Crippen molar-refractivity contribution in [2.45, 2.75) is 19.3 Å². The molecule has 0 fully saturated rings. The number of allylic oxidation sites excluding steroid dienone is 2. The lowest BCUT2D eigenvalue weighted by Gasteiger charge is -2.23. The third-order valence-corrected chi connectivity index (χ3v) is 5.19. The van der Waals surface area contributed by atoms with Crippen LogP contribution in [0.3, 0.4) is 0 Å². The lowest BCUT2D eigenvalue weighted by Crippen LogP contribution is -2.23. The van der Waals surface area contributed by atoms with Crippen LogP contribution >= 0.6 is 0 Å². The van der Waals surface area contributed by atoms with Gasteiger partial charge in [-0.2, -0.15) is 0 Å². The van der Waals surface area contributed by atoms with Gasteiger partial charge in [0.15, 0.2) is 0 Å². The van der Waals surface area contributed by atoms with Crippen LogP contribution in [0.4, 0.5) is 5.69 Å². The number of likely N-dealkylation sites (N-methyl/N-ethyl adjacent to an activating group) is 1. The van der Waals surface area contributed by atoms with Crippen molar-refractivity contribution in [3.63, 3.8) is 0 Å². The van der Waals surface area contributed by atoms with Gasteiger partial charge in [0, 0.05) is 35.6 Å². The predicted octanol–water partition coefficient (Wildman–Crippen LogP) is 4.05. The lowest BCUT2D eigenvalue weighted by atomic mass is 9.84. The molecule has 0 saturated carbocycles. The average Bonchev–Trinajstić information content (AvgIpc) is 2.81. The summed E-state index contributed by atoms with van der Waals surface area (Å²) in [7, 11) is 2.02. The molecule has 0 saturated heterocycles. The van der Waals surface area contributed by atoms with E-state index in [0.29, 0.717) is 5.71 Å². The quantitative estimate of drug-likeness (QED) is 0.849. The number of hydrogen-bond acceptors (Lipinski definition) is 4. The van der Waals surface area contributed by atoms with E-state index < -0.39 is 0 Å². The highest BCUT2D eigenvalue weighted by atomic mass is 16.3. The van der Waals surface area contributed by atoms with E-state index in [1.54, 1.807) is 30.5 Å². The summed E-state index contributed by atoms with van der Waals surface area (Å²) in [6.07, 6.45) is 5.01. The van der Waals surface area contributed by atoms with E-state index in [0.717, 1.165) is 22.5 Å². The van der Waals surface area contributed by atoms with Gasteiger partial charge in [-0.3, -0.25) is 9.79 Å². The fraction of sp³-hybridized carbons (Fsp3) is 0.182. The van der Waals surface area contributed by atoms with Crippen molar-refractivity contribution in [2.24, 2.45) is 4.99 Å². The summed E-state index contributed by atoms with van der Waals surface area (Å²) < 4.78 is 0. The van der Waals surface area contributed by atoms with Crippen LogP contribution in [-0.2, 0) is 10.2 Å². The molecule has 4 heteroatoms. The Morgan fingerprint density at radius 3 is 2.65 bits per heavy atom. The Bertz CT molecular complexity index is 1010. The normalized spacial score (nSPS) is 20.6. The Morgan fingerprint density at radius 2 is 1.88 bits per heavy atom. The molecule has 2 aliphatic rings. The number of phenolic OH excluding ortho intramolecular Hbond substituents is 1. The summed E-state index contributed by atoms with van der Waals surface area (Å²) >= 11 is 0. The highest BCUT2D eigenvalue weighted by Crippen LogP contribution is 2.46. The summed E-state index contributed by atoms with van der Waals surface area (Å²) in [6.45, 7) is 4.33. The first-order chi connectivity index (χ1) is 12.4. The molecule has 0 amide bonds. The van der Waals surface area contributed by atoms with Crippen molar-refractivity contribution >= 4 is 23.3 Å². The van der Waals surface area contributed by atoms with Crippen LogP contribution in [0.1, 0.15) is 30.5 Å². The average molecular weight is 344 g/mol. The molecule has 0 bridgehead atoms. The Labute approximate surface area is 152 Å². The van der Waals surface area contributed by atoms with E-state index in [2.05, 4.69) is 35.9 Å². The number of rotatable bonds is 1. The summed E-state index contributed by atoms with van der Waals surface area (Å²) in [4.78, 5) is 19.1. The molecule has 0 atom stereocenters. The second-order valence-corrected chi connectivity index (χ2v) is 7.16. The van der Waals surface area contributed by atoms with Gasteiger partial charge < -0.3 is 10.0 Å². The van der Waals surface area contributed by atoms with Crippen LogP contribution in [0.25, 0.3) is 6.08 Å². The van der Waals surface area contributed by atoms with Crippen LogP contribution in [0.15, 0.2) is 65.4 Å². The molecule has 2 aromatic rings. The third-order valence-electron chi connectivity index (χ3n) is 5.19. The second kappa shape index (κ2) is 5.70. The van der Waals surface area contributed by atoms with E-state index >= 15 is 0 Å². The van der Waals surface area contributed by atoms with Crippen LogP contribution in [-0.4, -0.2) is 23.6 Å². The van der Waals surface area contributed by atoms with E-state index in [1.807, 2.05) is 19.2 Å². The maximum atomic E-state index is 12.4. The van der Waals surface area contributed by atoms with Crippen molar-refractivity contribution < 1.29 is 9.90 Å². The molecule has 0 spiro atoms. The maximum absolute atomic E-state index is 12.4. The van der Waals surface area contributed by atoms with Crippen molar-refractivity contribution in [2.75, 3.05) is 11.9 Å². The number of aliphatic imine (C=N–C) groups is 1. The van der Waals surface area contributed by atoms with Gasteiger partial charge in [-0.25, -0.2) is 0 Å². The molecule has 1 aliphatic carbocycles. The molecule has 1 heterocycles. The number of fused-ring (bicyclic) bond motifs is 2. The molecule has 0 radical (unpaired) electrons. The molecular formula is C22H20N2O2. The Morgan fingerprint density at radius 1 is 1.12 bits per heavy atom. The zero-order valence-corrected chi connectivity index (χ0v) is 15.0. The molecule has 26 heavy (non-hydrogen) atoms. The van der Waals surface area contributed by atoms with Crippen molar-refractivity contribution in [3.8, 4) is 5.75 Å². The van der Waals surface area contributed by atoms with Crippen LogP contribution in [0, 0.1) is 0 Å². The number of para-hydroxylation sites is 1. The molecular weight excluding hydrogens is 324 g/mol. The minimum Gasteiger partial charge on any atom is -0.508 e. The molecule has 4 nitrogen and oxygen atoms in total. The van der Waals surface area contributed by atoms with E-state index in [4.69, 9.17) is 0 Å². The van der Waals surface area contributed by atoms with Gasteiger partial charge in [-0.05, 0) is 41.5 Å². The number of phenols is 1. The number of hydrogen-bond donors (Lipinski definition) is 1. The zero-order chi connectivity index (χ0) is 18.5. The smallest absolute Gasteiger partial charge is 0.204 e. The molecule has 0 aromatic heterocycles. The molecule has 130 valence electrons. The number of aromatic hydroxyl groups is 1. The Hall–Kier alpha value is -3.14. The van der Waals surface area contributed by atoms with Gasteiger partial charge >= 0.3 is 0 Å². The summed E-state index contributed by atoms with van der Waals surface area (Å²) in [5, 5.41) is 9.67. The van der Waals surface area contributed by atoms with E-state index in [1.165, 1.54) is 11.6 Å². The Balaban J connectivity index is 1.81. The minimum atomic E-state index is -0.194. The van der Waals surface area contributed by atoms with Crippen LogP contribution in [0.2, 0.25) is 0 Å². The fourth-order valence-corrected chi connectivity index (χ4v) is 3.77. The number of carbonyl (C=O) groups is 1.